The maximum Gasteiger partial charge on any atom is 3.00 e. The van der Waals surface area contributed by atoms with Gasteiger partial charge in [-0.2, -0.15) is 0 Å². The van der Waals surface area contributed by atoms with E-state index < -0.39 is 0 Å². The standard InChI is InChI=1S/C41H53.2ClH.Zr/c1-24(2)32-34-28-23-31-30(38(6,7)16-17-39(31,8)9)22-26(28)21-29(34)33(25-14-15-27(20-25)37(3,4)5)36-35(32)40(10,11)18-19-41(36,12)13;;;/h15,20,22-23H,14,16-19H2,1-13H3;2*1H;/q-1;;;+3/p-2. The first-order valence-corrected chi connectivity index (χ1v) is 16.2. The summed E-state index contributed by atoms with van der Waals surface area (Å²) in [6, 6.07) is 5.15. The Balaban J connectivity index is 0.00000176. The summed E-state index contributed by atoms with van der Waals surface area (Å²) in [5.74, 6) is 0. The molecule has 235 valence electrons. The Bertz CT molecular complexity index is 1800. The van der Waals surface area contributed by atoms with Gasteiger partial charge in [0, 0.05) is 0 Å². The van der Waals surface area contributed by atoms with E-state index in [1.807, 2.05) is 0 Å². The number of hydrogen-bond acceptors (Lipinski definition) is 0. The molecule has 3 heteroatoms. The largest absolute Gasteiger partial charge is 3.00 e. The van der Waals surface area contributed by atoms with E-state index in [2.05, 4.69) is 120 Å². The van der Waals surface area contributed by atoms with Crippen LogP contribution >= 0.6 is 0 Å². The Hall–Kier alpha value is -0.877. The molecule has 0 atom stereocenters. The quantitative estimate of drug-likeness (QED) is 0.339. The van der Waals surface area contributed by atoms with Crippen molar-refractivity contribution < 1.29 is 51.0 Å². The molecule has 0 amide bonds. The first-order valence-electron chi connectivity index (χ1n) is 16.2. The summed E-state index contributed by atoms with van der Waals surface area (Å²) in [6.45, 7) is 31.6. The van der Waals surface area contributed by atoms with Gasteiger partial charge in [-0.25, -0.2) is 0 Å². The number of hydrogen-bond donors (Lipinski definition) is 0. The summed E-state index contributed by atoms with van der Waals surface area (Å²) in [6.07, 6.45) is 15.1. The Labute approximate surface area is 299 Å². The van der Waals surface area contributed by atoms with Gasteiger partial charge in [-0.05, 0) is 84.2 Å². The summed E-state index contributed by atoms with van der Waals surface area (Å²) in [7, 11) is 0. The molecule has 4 aliphatic rings. The van der Waals surface area contributed by atoms with Crippen LogP contribution in [0.3, 0.4) is 0 Å². The van der Waals surface area contributed by atoms with E-state index in [1.165, 1.54) is 80.0 Å². The SMILES string of the molecule is CC(C)=c1c2c(c(C3=CC(C(C)(C)C)=CC3)c3c1=c1cc4c(cc1=[C-]3)C(C)(C)CCC4(C)C)C(C)(C)CCC2(C)C.[Cl-].[Cl-].[Zr+3]. The van der Waals surface area contributed by atoms with Crippen LogP contribution in [0.2, 0.25) is 0 Å². The molecule has 0 saturated carbocycles. The third kappa shape index (κ3) is 5.66. The van der Waals surface area contributed by atoms with E-state index in [0.29, 0.717) is 0 Å². The van der Waals surface area contributed by atoms with E-state index in [9.17, 15) is 0 Å². The summed E-state index contributed by atoms with van der Waals surface area (Å²) < 4.78 is 0. The van der Waals surface area contributed by atoms with Gasteiger partial charge in [-0.15, -0.1) is 33.4 Å². The Morgan fingerprint density at radius 2 is 1.23 bits per heavy atom. The smallest absolute Gasteiger partial charge is 1.00 e. The van der Waals surface area contributed by atoms with Crippen molar-refractivity contribution in [2.75, 3.05) is 0 Å². The molecular weight excluding hydrogens is 655 g/mol. The molecule has 0 unspecified atom stereocenters. The molecule has 2 aromatic rings. The summed E-state index contributed by atoms with van der Waals surface area (Å²) in [5, 5.41) is 5.71. The molecule has 6 rings (SSSR count). The molecule has 0 nitrogen and oxygen atoms in total. The molecule has 0 saturated heterocycles. The molecule has 0 fully saturated rings. The fourth-order valence-corrected chi connectivity index (χ4v) is 8.48. The van der Waals surface area contributed by atoms with Gasteiger partial charge in [0.15, 0.2) is 0 Å². The Morgan fingerprint density at radius 1 is 0.727 bits per heavy atom. The van der Waals surface area contributed by atoms with Gasteiger partial charge in [0.05, 0.1) is 0 Å². The van der Waals surface area contributed by atoms with Gasteiger partial charge in [0.25, 0.3) is 0 Å². The topological polar surface area (TPSA) is 0 Å². The number of benzene rings is 2. The van der Waals surface area contributed by atoms with Crippen LogP contribution in [0.1, 0.15) is 155 Å². The summed E-state index contributed by atoms with van der Waals surface area (Å²) in [5.41, 5.74) is 14.4. The van der Waals surface area contributed by atoms with Crippen LogP contribution < -0.4 is 35.3 Å². The van der Waals surface area contributed by atoms with Gasteiger partial charge < -0.3 is 24.8 Å². The predicted molar refractivity (Wildman–Crippen MR) is 178 cm³/mol. The molecule has 0 aromatic heterocycles. The van der Waals surface area contributed by atoms with Crippen molar-refractivity contribution in [3.63, 3.8) is 0 Å². The second-order valence-electron chi connectivity index (χ2n) is 17.6. The molecule has 2 aromatic carbocycles. The minimum absolute atomic E-state index is 0. The van der Waals surface area contributed by atoms with Gasteiger partial charge in [-0.1, -0.05) is 133 Å². The summed E-state index contributed by atoms with van der Waals surface area (Å²) >= 11 is 0. The van der Waals surface area contributed by atoms with Crippen molar-refractivity contribution in [3.8, 4) is 0 Å². The molecular formula is C41H53Cl2Zr. The third-order valence-electron chi connectivity index (χ3n) is 11.3. The fraction of sp³-hybridized carbons (Fsp3) is 0.561. The molecule has 0 bridgehead atoms. The van der Waals surface area contributed by atoms with Crippen LogP contribution in [-0.2, 0) is 47.9 Å². The van der Waals surface area contributed by atoms with Crippen LogP contribution in [0.15, 0.2) is 29.9 Å². The second kappa shape index (κ2) is 11.7. The van der Waals surface area contributed by atoms with E-state index >= 15 is 0 Å². The maximum atomic E-state index is 4.13. The van der Waals surface area contributed by atoms with E-state index in [4.69, 9.17) is 0 Å². The van der Waals surface area contributed by atoms with Crippen molar-refractivity contribution in [1.29, 1.82) is 0 Å². The fourth-order valence-electron chi connectivity index (χ4n) is 8.48. The minimum Gasteiger partial charge on any atom is -1.00 e. The number of halogens is 2. The zero-order valence-corrected chi connectivity index (χ0v) is 33.6. The number of allylic oxidation sites excluding steroid dienone is 4. The van der Waals surface area contributed by atoms with Crippen molar-refractivity contribution in [2.45, 2.75) is 144 Å². The third-order valence-corrected chi connectivity index (χ3v) is 11.3. The van der Waals surface area contributed by atoms with Crippen LogP contribution in [0.5, 0.6) is 0 Å². The predicted octanol–water partition coefficient (Wildman–Crippen LogP) is 3.65. The van der Waals surface area contributed by atoms with Crippen LogP contribution in [0, 0.1) is 15.9 Å². The monoisotopic (exact) mass is 705 g/mol. The molecule has 1 radical (unpaired) electrons. The molecule has 0 heterocycles. The molecule has 44 heavy (non-hydrogen) atoms. The first kappa shape index (κ1) is 37.6. The average molecular weight is 708 g/mol. The molecule has 4 aliphatic carbocycles. The van der Waals surface area contributed by atoms with Crippen molar-refractivity contribution in [3.05, 3.63) is 84.1 Å². The van der Waals surface area contributed by atoms with Crippen LogP contribution in [-0.4, -0.2) is 0 Å². The van der Waals surface area contributed by atoms with Crippen molar-refractivity contribution >= 4 is 17.2 Å². The molecule has 0 aliphatic heterocycles. The van der Waals surface area contributed by atoms with Gasteiger partial charge in [0.2, 0.25) is 0 Å². The number of fused-ring (bicyclic) bond motifs is 4. The minimum atomic E-state index is 0. The zero-order valence-electron chi connectivity index (χ0n) is 29.6. The first-order chi connectivity index (χ1) is 18.8. The van der Waals surface area contributed by atoms with Gasteiger partial charge >= 0.3 is 26.2 Å². The van der Waals surface area contributed by atoms with Crippen LogP contribution in [0.25, 0.3) is 17.2 Å². The number of rotatable bonds is 1. The van der Waals surface area contributed by atoms with Crippen molar-refractivity contribution in [1.82, 2.24) is 0 Å². The maximum absolute atomic E-state index is 4.13. The molecule has 0 spiro atoms. The van der Waals surface area contributed by atoms with E-state index in [-0.39, 0.29) is 78.1 Å². The summed E-state index contributed by atoms with van der Waals surface area (Å²) in [4.78, 5) is 0. The average Bonchev–Trinajstić information content (AvgIpc) is 3.48. The van der Waals surface area contributed by atoms with E-state index in [0.717, 1.165) is 6.42 Å². The zero-order chi connectivity index (χ0) is 30.1. The Morgan fingerprint density at radius 3 is 1.73 bits per heavy atom. The Kier molecular flexibility index (Phi) is 9.97. The van der Waals surface area contributed by atoms with Crippen molar-refractivity contribution in [2.24, 2.45) is 5.41 Å². The van der Waals surface area contributed by atoms with Gasteiger partial charge in [0.1, 0.15) is 0 Å². The second-order valence-corrected chi connectivity index (χ2v) is 17.6. The van der Waals surface area contributed by atoms with Gasteiger partial charge in [-0.3, -0.25) is 0 Å². The van der Waals surface area contributed by atoms with E-state index in [1.54, 1.807) is 16.7 Å². The van der Waals surface area contributed by atoms with Crippen LogP contribution in [0.4, 0.5) is 0 Å². The normalized spacial score (nSPS) is 21.0. The molecule has 0 N–H and O–H groups in total.